The van der Waals surface area contributed by atoms with Crippen LogP contribution < -0.4 is 0 Å². The van der Waals surface area contributed by atoms with Crippen molar-refractivity contribution in [2.24, 2.45) is 5.41 Å². The molecule has 0 aromatic carbocycles. The maximum atomic E-state index is 12.2. The van der Waals surface area contributed by atoms with Crippen LogP contribution in [0, 0.1) is 5.41 Å². The molecule has 0 aliphatic rings. The highest BCUT2D eigenvalue weighted by atomic mass is 16.7. The van der Waals surface area contributed by atoms with Gasteiger partial charge in [0.25, 0.3) is 0 Å². The van der Waals surface area contributed by atoms with Gasteiger partial charge in [-0.1, -0.05) is 13.8 Å². The Morgan fingerprint density at radius 2 is 1.46 bits per heavy atom. The van der Waals surface area contributed by atoms with Gasteiger partial charge in [-0.2, -0.15) is 0 Å². The molecule has 24 heavy (non-hydrogen) atoms. The van der Waals surface area contributed by atoms with Crippen molar-refractivity contribution in [3.8, 4) is 0 Å². The van der Waals surface area contributed by atoms with Crippen LogP contribution in [0.4, 0.5) is 4.79 Å². The van der Waals surface area contributed by atoms with E-state index in [9.17, 15) is 9.90 Å². The summed E-state index contributed by atoms with van der Waals surface area (Å²) in [5.41, 5.74) is -1.52. The van der Waals surface area contributed by atoms with Crippen molar-refractivity contribution in [3.05, 3.63) is 0 Å². The van der Waals surface area contributed by atoms with Crippen LogP contribution in [-0.4, -0.2) is 40.8 Å². The summed E-state index contributed by atoms with van der Waals surface area (Å²) in [7, 11) is 0. The van der Waals surface area contributed by atoms with Crippen molar-refractivity contribution in [2.75, 3.05) is 0 Å². The number of carbonyl (C=O) groups excluding carboxylic acids is 1. The number of aliphatic hydroxyl groups excluding tert-OH is 1. The van der Waals surface area contributed by atoms with Crippen LogP contribution in [0.1, 0.15) is 82.1 Å². The monoisotopic (exact) mass is 346 g/mol. The fourth-order valence-electron chi connectivity index (χ4n) is 2.94. The smallest absolute Gasteiger partial charge is 0.431 e. The van der Waals surface area contributed by atoms with Crippen molar-refractivity contribution in [3.63, 3.8) is 0 Å². The molecule has 0 saturated heterocycles. The Bertz CT molecular complexity index is 397. The number of hydrogen-bond acceptors (Lipinski definition) is 5. The van der Waals surface area contributed by atoms with E-state index in [2.05, 4.69) is 0 Å². The summed E-state index contributed by atoms with van der Waals surface area (Å²) in [6.45, 7) is 19.1. The molecule has 144 valence electrons. The maximum absolute atomic E-state index is 12.2. The Morgan fingerprint density at radius 1 is 0.958 bits per heavy atom. The first-order valence-electron chi connectivity index (χ1n) is 8.83. The Labute approximate surface area is 148 Å². The lowest BCUT2D eigenvalue weighted by Crippen LogP contribution is -2.45. The van der Waals surface area contributed by atoms with Crippen LogP contribution in [0.15, 0.2) is 0 Å². The molecule has 5 heteroatoms. The number of carbonyl (C=O) groups is 1. The summed E-state index contributed by atoms with van der Waals surface area (Å²) in [4.78, 5) is 12.2. The molecular weight excluding hydrogens is 308 g/mol. The molecule has 0 aromatic rings. The number of aliphatic hydroxyl groups is 1. The molecule has 0 aliphatic carbocycles. The zero-order valence-corrected chi connectivity index (χ0v) is 17.2. The summed E-state index contributed by atoms with van der Waals surface area (Å²) >= 11 is 0. The van der Waals surface area contributed by atoms with Crippen LogP contribution in [0.2, 0.25) is 0 Å². The van der Waals surface area contributed by atoms with Gasteiger partial charge in [0.2, 0.25) is 0 Å². The van der Waals surface area contributed by atoms with Gasteiger partial charge in [0.1, 0.15) is 11.7 Å². The van der Waals surface area contributed by atoms with Crippen LogP contribution in [0.5, 0.6) is 0 Å². The second kappa shape index (κ2) is 8.52. The number of ether oxygens (including phenoxy) is 3. The molecule has 0 heterocycles. The molecule has 0 fully saturated rings. The molecule has 2 unspecified atom stereocenters. The Balaban J connectivity index is 4.67. The third kappa shape index (κ3) is 8.34. The topological polar surface area (TPSA) is 65.0 Å². The van der Waals surface area contributed by atoms with Gasteiger partial charge in [-0.3, -0.25) is 0 Å². The fraction of sp³-hybridized carbons (Fsp3) is 0.947. The van der Waals surface area contributed by atoms with E-state index in [1.807, 2.05) is 62.3 Å². The van der Waals surface area contributed by atoms with Crippen molar-refractivity contribution >= 4 is 6.16 Å². The normalized spacial score (nSPS) is 16.0. The lowest BCUT2D eigenvalue weighted by Gasteiger charge is -2.41. The number of hydrogen-bond donors (Lipinski definition) is 1. The van der Waals surface area contributed by atoms with Crippen molar-refractivity contribution in [2.45, 2.75) is 112 Å². The molecule has 0 aromatic heterocycles. The van der Waals surface area contributed by atoms with E-state index >= 15 is 0 Å². The lowest BCUT2D eigenvalue weighted by atomic mass is 9.73. The Hall–Kier alpha value is -0.810. The molecule has 0 amide bonds. The van der Waals surface area contributed by atoms with E-state index in [-0.39, 0.29) is 23.2 Å². The first kappa shape index (κ1) is 23.2. The van der Waals surface area contributed by atoms with E-state index in [0.717, 1.165) is 0 Å². The highest BCUT2D eigenvalue weighted by molar-refractivity contribution is 5.60. The highest BCUT2D eigenvalue weighted by Crippen LogP contribution is 2.38. The van der Waals surface area contributed by atoms with Gasteiger partial charge in [-0.05, 0) is 61.8 Å². The first-order chi connectivity index (χ1) is 10.6. The summed E-state index contributed by atoms with van der Waals surface area (Å²) in [5.74, 6) is 0. The van der Waals surface area contributed by atoms with Gasteiger partial charge in [0.15, 0.2) is 0 Å². The predicted molar refractivity (Wildman–Crippen MR) is 96.1 cm³/mol. The van der Waals surface area contributed by atoms with Crippen LogP contribution in [0.25, 0.3) is 0 Å². The van der Waals surface area contributed by atoms with Crippen LogP contribution in [-0.2, 0) is 14.2 Å². The van der Waals surface area contributed by atoms with Gasteiger partial charge in [0.05, 0.1) is 17.8 Å². The second-order valence-corrected chi connectivity index (χ2v) is 8.86. The molecule has 0 rings (SSSR count). The number of rotatable bonds is 9. The fourth-order valence-corrected chi connectivity index (χ4v) is 2.94. The van der Waals surface area contributed by atoms with Gasteiger partial charge in [-0.25, -0.2) is 4.79 Å². The molecule has 0 aliphatic heterocycles. The lowest BCUT2D eigenvalue weighted by molar-refractivity contribution is -0.112. The first-order valence-corrected chi connectivity index (χ1v) is 8.83. The summed E-state index contributed by atoms with van der Waals surface area (Å²) < 4.78 is 16.8. The summed E-state index contributed by atoms with van der Waals surface area (Å²) in [6, 6.07) is 0. The maximum Gasteiger partial charge on any atom is 0.509 e. The largest absolute Gasteiger partial charge is 0.509 e. The minimum Gasteiger partial charge on any atom is -0.431 e. The van der Waals surface area contributed by atoms with Crippen molar-refractivity contribution < 1.29 is 24.1 Å². The SMILES string of the molecule is CC(O)CC(C)(C)C(C)(C)OC(=O)OC(C)CC(C)(C)OC(C)C. The quantitative estimate of drug-likeness (QED) is 0.613. The molecule has 1 N–H and O–H groups in total. The molecule has 0 saturated carbocycles. The summed E-state index contributed by atoms with van der Waals surface area (Å²) in [6.07, 6.45) is -0.254. The van der Waals surface area contributed by atoms with E-state index in [1.165, 1.54) is 0 Å². The average Bonchev–Trinajstić information content (AvgIpc) is 2.21. The minimum absolute atomic E-state index is 0.111. The predicted octanol–water partition coefficient (Wildman–Crippen LogP) is 4.70. The molecular formula is C19H38O5. The molecule has 0 radical (unpaired) electrons. The van der Waals surface area contributed by atoms with E-state index < -0.39 is 17.9 Å². The molecule has 0 spiro atoms. The Morgan fingerprint density at radius 3 is 1.88 bits per heavy atom. The van der Waals surface area contributed by atoms with E-state index in [0.29, 0.717) is 12.8 Å². The highest BCUT2D eigenvalue weighted by Gasteiger charge is 2.42. The molecule has 2 atom stereocenters. The van der Waals surface area contributed by atoms with Gasteiger partial charge < -0.3 is 19.3 Å². The average molecular weight is 347 g/mol. The minimum atomic E-state index is -0.759. The van der Waals surface area contributed by atoms with Crippen molar-refractivity contribution in [1.29, 1.82) is 0 Å². The second-order valence-electron chi connectivity index (χ2n) is 8.86. The van der Waals surface area contributed by atoms with Crippen molar-refractivity contribution in [1.82, 2.24) is 0 Å². The van der Waals surface area contributed by atoms with Crippen LogP contribution in [0.3, 0.4) is 0 Å². The molecule has 5 nitrogen and oxygen atoms in total. The van der Waals surface area contributed by atoms with E-state index in [1.54, 1.807) is 6.92 Å². The van der Waals surface area contributed by atoms with Gasteiger partial charge in [-0.15, -0.1) is 0 Å². The van der Waals surface area contributed by atoms with E-state index in [4.69, 9.17) is 14.2 Å². The third-order valence-electron chi connectivity index (χ3n) is 4.41. The van der Waals surface area contributed by atoms with Gasteiger partial charge >= 0.3 is 6.16 Å². The Kier molecular flexibility index (Phi) is 8.24. The standard InChI is InChI=1S/C19H38O5/c1-13(2)23-18(7,8)12-15(4)22-16(21)24-19(9,10)17(5,6)11-14(3)20/h13-15,20H,11-12H2,1-10H3. The molecule has 0 bridgehead atoms. The zero-order valence-electron chi connectivity index (χ0n) is 17.2. The zero-order chi connectivity index (χ0) is 19.3. The third-order valence-corrected chi connectivity index (χ3v) is 4.41. The van der Waals surface area contributed by atoms with Gasteiger partial charge in [0, 0.05) is 11.8 Å². The summed E-state index contributed by atoms with van der Waals surface area (Å²) in [5, 5.41) is 9.64. The van der Waals surface area contributed by atoms with Crippen LogP contribution >= 0.6 is 0 Å².